The minimum atomic E-state index is 0.275. The number of piperidine rings is 1. The lowest BCUT2D eigenvalue weighted by atomic mass is 9.96. The first-order valence-corrected chi connectivity index (χ1v) is 11.1. The van der Waals surface area contributed by atoms with Crippen LogP contribution in [0.2, 0.25) is 0 Å². The van der Waals surface area contributed by atoms with Crippen molar-refractivity contribution >= 4 is 10.9 Å². The van der Waals surface area contributed by atoms with Gasteiger partial charge < -0.3 is 10.1 Å². The number of fused-ring (bicyclic) bond motifs is 2. The summed E-state index contributed by atoms with van der Waals surface area (Å²) in [5.74, 6) is 0.897. The Kier molecular flexibility index (Phi) is 4.65. The highest BCUT2D eigenvalue weighted by atomic mass is 16.5. The molecular weight excluding hydrogens is 386 g/mol. The van der Waals surface area contributed by atoms with Gasteiger partial charge in [0.25, 0.3) is 0 Å². The third-order valence-electron chi connectivity index (χ3n) is 6.32. The molecule has 3 aromatic heterocycles. The third-order valence-corrected chi connectivity index (χ3v) is 6.32. The van der Waals surface area contributed by atoms with Crippen LogP contribution < -0.4 is 10.1 Å². The van der Waals surface area contributed by atoms with Gasteiger partial charge in [-0.2, -0.15) is 5.10 Å². The van der Waals surface area contributed by atoms with Gasteiger partial charge in [-0.25, -0.2) is 0 Å². The molecule has 0 saturated carbocycles. The number of hydrogen-bond donors (Lipinski definition) is 1. The van der Waals surface area contributed by atoms with Crippen molar-refractivity contribution in [3.8, 4) is 28.3 Å². The molecule has 1 fully saturated rings. The van der Waals surface area contributed by atoms with Crippen LogP contribution in [-0.2, 0) is 13.0 Å². The zero-order chi connectivity index (χ0) is 20.6. The molecule has 0 unspecified atom stereocenters. The fourth-order valence-corrected chi connectivity index (χ4v) is 4.82. The standard InChI is InChI=1S/C25H25N5O/c1-2-11-27-21(4-1)25-24(23-5-3-15-30(23)29-25)20-10-14-28-22-16-18(6-7-19(20)22)31-17-8-12-26-13-9-17/h1-2,4,6-7,10-11,14,16-17,26H,3,5,8-9,12-13,15H2. The molecule has 6 rings (SSSR count). The molecule has 4 aromatic rings. The van der Waals surface area contributed by atoms with E-state index in [0.29, 0.717) is 0 Å². The Morgan fingerprint density at radius 3 is 2.81 bits per heavy atom. The molecule has 1 saturated heterocycles. The number of nitrogens with one attached hydrogen (secondary N) is 1. The van der Waals surface area contributed by atoms with Gasteiger partial charge in [0.15, 0.2) is 0 Å². The summed E-state index contributed by atoms with van der Waals surface area (Å²) in [5.41, 5.74) is 6.47. The molecule has 6 heteroatoms. The van der Waals surface area contributed by atoms with Gasteiger partial charge in [0.2, 0.25) is 0 Å². The molecule has 31 heavy (non-hydrogen) atoms. The van der Waals surface area contributed by atoms with Crippen LogP contribution in [0.25, 0.3) is 33.4 Å². The molecule has 156 valence electrons. The summed E-state index contributed by atoms with van der Waals surface area (Å²) in [7, 11) is 0. The monoisotopic (exact) mass is 411 g/mol. The van der Waals surface area contributed by atoms with Crippen LogP contribution in [0.15, 0.2) is 54.9 Å². The number of pyridine rings is 2. The number of nitrogens with zero attached hydrogens (tertiary/aromatic N) is 4. The fraction of sp³-hybridized carbons (Fsp3) is 0.320. The maximum Gasteiger partial charge on any atom is 0.121 e. The molecule has 2 aliphatic heterocycles. The largest absolute Gasteiger partial charge is 0.490 e. The van der Waals surface area contributed by atoms with E-state index in [0.717, 1.165) is 73.4 Å². The van der Waals surface area contributed by atoms with E-state index in [1.165, 1.54) is 16.8 Å². The molecule has 6 nitrogen and oxygen atoms in total. The maximum absolute atomic E-state index is 6.25. The quantitative estimate of drug-likeness (QED) is 0.544. The van der Waals surface area contributed by atoms with Gasteiger partial charge in [-0.1, -0.05) is 6.07 Å². The lowest BCUT2D eigenvalue weighted by Crippen LogP contribution is -2.34. The Balaban J connectivity index is 1.45. The summed E-state index contributed by atoms with van der Waals surface area (Å²) in [5, 5.41) is 9.45. The van der Waals surface area contributed by atoms with Gasteiger partial charge in [-0.15, -0.1) is 0 Å². The number of aryl methyl sites for hydroxylation is 1. The van der Waals surface area contributed by atoms with E-state index in [4.69, 9.17) is 9.84 Å². The minimum Gasteiger partial charge on any atom is -0.490 e. The first-order chi connectivity index (χ1) is 15.4. The van der Waals surface area contributed by atoms with E-state index >= 15 is 0 Å². The van der Waals surface area contributed by atoms with Gasteiger partial charge in [0.05, 0.1) is 11.2 Å². The van der Waals surface area contributed by atoms with Crippen molar-refractivity contribution in [2.45, 2.75) is 38.3 Å². The van der Waals surface area contributed by atoms with Crippen molar-refractivity contribution in [1.82, 2.24) is 25.1 Å². The summed E-state index contributed by atoms with van der Waals surface area (Å²) in [4.78, 5) is 9.26. The predicted molar refractivity (Wildman–Crippen MR) is 121 cm³/mol. The first kappa shape index (κ1) is 18.5. The maximum atomic E-state index is 6.25. The van der Waals surface area contributed by atoms with Crippen LogP contribution in [0.5, 0.6) is 5.75 Å². The van der Waals surface area contributed by atoms with Crippen molar-refractivity contribution in [1.29, 1.82) is 0 Å². The topological polar surface area (TPSA) is 64.9 Å². The minimum absolute atomic E-state index is 0.275. The van der Waals surface area contributed by atoms with Crippen LogP contribution in [-0.4, -0.2) is 38.9 Å². The molecular formula is C25H25N5O. The lowest BCUT2D eigenvalue weighted by Gasteiger charge is -2.24. The number of rotatable bonds is 4. The Bertz CT molecular complexity index is 1230. The number of ether oxygens (including phenoxy) is 1. The highest BCUT2D eigenvalue weighted by Gasteiger charge is 2.25. The smallest absolute Gasteiger partial charge is 0.121 e. The molecule has 0 spiro atoms. The van der Waals surface area contributed by atoms with Crippen molar-refractivity contribution in [3.63, 3.8) is 0 Å². The van der Waals surface area contributed by atoms with E-state index in [2.05, 4.69) is 44.2 Å². The Morgan fingerprint density at radius 2 is 1.94 bits per heavy atom. The molecule has 0 radical (unpaired) electrons. The average molecular weight is 412 g/mol. The van der Waals surface area contributed by atoms with Crippen molar-refractivity contribution in [2.24, 2.45) is 0 Å². The predicted octanol–water partition coefficient (Wildman–Crippen LogP) is 4.24. The second-order valence-corrected chi connectivity index (χ2v) is 8.32. The second-order valence-electron chi connectivity index (χ2n) is 8.32. The van der Waals surface area contributed by atoms with Crippen molar-refractivity contribution in [2.75, 3.05) is 13.1 Å². The molecule has 1 N–H and O–H groups in total. The number of hydrogen-bond acceptors (Lipinski definition) is 5. The Hall–Kier alpha value is -3.25. The van der Waals surface area contributed by atoms with E-state index in [9.17, 15) is 0 Å². The lowest BCUT2D eigenvalue weighted by molar-refractivity contribution is 0.162. The Labute approximate surface area is 181 Å². The van der Waals surface area contributed by atoms with Gasteiger partial charge >= 0.3 is 0 Å². The zero-order valence-corrected chi connectivity index (χ0v) is 17.4. The normalized spacial score (nSPS) is 16.5. The van der Waals surface area contributed by atoms with E-state index in [1.807, 2.05) is 30.6 Å². The summed E-state index contributed by atoms with van der Waals surface area (Å²) < 4.78 is 8.41. The first-order valence-electron chi connectivity index (χ1n) is 11.1. The van der Waals surface area contributed by atoms with Crippen LogP contribution >= 0.6 is 0 Å². The zero-order valence-electron chi connectivity index (χ0n) is 17.4. The summed E-state index contributed by atoms with van der Waals surface area (Å²) in [6.45, 7) is 3.00. The van der Waals surface area contributed by atoms with Crippen LogP contribution in [0.1, 0.15) is 25.0 Å². The fourth-order valence-electron chi connectivity index (χ4n) is 4.82. The summed E-state index contributed by atoms with van der Waals surface area (Å²) in [6.07, 6.45) is 8.26. The van der Waals surface area contributed by atoms with Crippen LogP contribution in [0.4, 0.5) is 0 Å². The highest BCUT2D eigenvalue weighted by Crippen LogP contribution is 2.40. The third kappa shape index (κ3) is 3.37. The Morgan fingerprint density at radius 1 is 1.00 bits per heavy atom. The number of benzene rings is 1. The number of aromatic nitrogens is 4. The summed E-state index contributed by atoms with van der Waals surface area (Å²) in [6, 6.07) is 14.4. The molecule has 2 aliphatic rings. The molecule has 0 aliphatic carbocycles. The SMILES string of the molecule is c1ccc(-c2nn3c(c2-c2ccnc4cc(OC5CCNCC5)ccc24)CCC3)nc1. The van der Waals surface area contributed by atoms with Crippen molar-refractivity contribution < 1.29 is 4.74 Å². The molecule has 1 aromatic carbocycles. The molecule has 0 atom stereocenters. The van der Waals surface area contributed by atoms with Gasteiger partial charge in [0.1, 0.15) is 17.5 Å². The second kappa shape index (κ2) is 7.78. The molecule has 5 heterocycles. The molecule has 0 bridgehead atoms. The van der Waals surface area contributed by atoms with E-state index < -0.39 is 0 Å². The van der Waals surface area contributed by atoms with Gasteiger partial charge in [0, 0.05) is 41.6 Å². The van der Waals surface area contributed by atoms with E-state index in [1.54, 1.807) is 0 Å². The molecule has 0 amide bonds. The summed E-state index contributed by atoms with van der Waals surface area (Å²) >= 11 is 0. The highest BCUT2D eigenvalue weighted by molar-refractivity contribution is 5.99. The van der Waals surface area contributed by atoms with Crippen LogP contribution in [0, 0.1) is 0 Å². The van der Waals surface area contributed by atoms with Gasteiger partial charge in [-0.3, -0.25) is 14.6 Å². The van der Waals surface area contributed by atoms with E-state index in [-0.39, 0.29) is 6.10 Å². The average Bonchev–Trinajstić information content (AvgIpc) is 3.41. The van der Waals surface area contributed by atoms with Gasteiger partial charge in [-0.05, 0) is 74.7 Å². The van der Waals surface area contributed by atoms with Crippen molar-refractivity contribution in [3.05, 3.63) is 60.6 Å². The van der Waals surface area contributed by atoms with Crippen LogP contribution in [0.3, 0.4) is 0 Å².